The fraction of sp³-hybridized carbons (Fsp3) is 0.522. The maximum atomic E-state index is 13.0. The van der Waals surface area contributed by atoms with Crippen molar-refractivity contribution in [2.24, 2.45) is 17.4 Å². The Bertz CT molecular complexity index is 880. The molecule has 0 fully saturated rings. The van der Waals surface area contributed by atoms with Gasteiger partial charge in [0.2, 0.25) is 23.6 Å². The number of nitrogens with one attached hydrogen (secondary N) is 3. The Kier molecular flexibility index (Phi) is 12.8. The number of thiol groups is 1. The highest BCUT2D eigenvalue weighted by Crippen LogP contribution is 2.12. The maximum absolute atomic E-state index is 13.0. The molecule has 0 aliphatic carbocycles. The molecule has 12 heteroatoms. The Morgan fingerprint density at radius 1 is 1.00 bits per heavy atom. The number of amides is 4. The number of carbonyl (C=O) groups excluding carboxylic acids is 5. The van der Waals surface area contributed by atoms with Gasteiger partial charge in [-0.2, -0.15) is 12.6 Å². The molecule has 0 spiro atoms. The fourth-order valence-electron chi connectivity index (χ4n) is 3.19. The van der Waals surface area contributed by atoms with Gasteiger partial charge < -0.3 is 37.3 Å². The second-order valence-electron chi connectivity index (χ2n) is 8.67. The summed E-state index contributed by atoms with van der Waals surface area (Å²) < 4.78 is 0. The zero-order chi connectivity index (χ0) is 26.5. The highest BCUT2D eigenvalue weighted by atomic mass is 32.1. The smallest absolute Gasteiger partial charge is 0.243 e. The first kappa shape index (κ1) is 29.9. The summed E-state index contributed by atoms with van der Waals surface area (Å²) >= 11 is 3.96. The molecule has 0 aromatic heterocycles. The molecule has 0 heterocycles. The van der Waals surface area contributed by atoms with Crippen LogP contribution in [-0.2, 0) is 30.4 Å². The summed E-state index contributed by atoms with van der Waals surface area (Å²) in [5.74, 6) is -2.42. The molecule has 0 aliphatic heterocycles. The summed E-state index contributed by atoms with van der Waals surface area (Å²) in [7, 11) is 0. The number of hydrogen-bond donors (Lipinski definition) is 7. The largest absolute Gasteiger partial charge is 0.508 e. The first-order valence-corrected chi connectivity index (χ1v) is 11.9. The lowest BCUT2D eigenvalue weighted by atomic mass is 10.0. The van der Waals surface area contributed by atoms with Gasteiger partial charge in [-0.15, -0.1) is 0 Å². The van der Waals surface area contributed by atoms with Gasteiger partial charge >= 0.3 is 0 Å². The lowest BCUT2D eigenvalue weighted by Gasteiger charge is -2.25. The van der Waals surface area contributed by atoms with Gasteiger partial charge in [-0.05, 0) is 42.9 Å². The summed E-state index contributed by atoms with van der Waals surface area (Å²) in [5, 5.41) is 17.1. The number of phenols is 1. The van der Waals surface area contributed by atoms with Crippen LogP contribution in [0.5, 0.6) is 5.75 Å². The van der Waals surface area contributed by atoms with Crippen molar-refractivity contribution in [3.63, 3.8) is 0 Å². The molecule has 0 aliphatic rings. The van der Waals surface area contributed by atoms with Crippen LogP contribution >= 0.6 is 12.6 Å². The van der Waals surface area contributed by atoms with E-state index in [1.165, 1.54) is 12.1 Å². The second kappa shape index (κ2) is 15.0. The summed E-state index contributed by atoms with van der Waals surface area (Å²) in [5.41, 5.74) is 11.6. The van der Waals surface area contributed by atoms with Gasteiger partial charge in [0.1, 0.15) is 24.1 Å². The lowest BCUT2D eigenvalue weighted by molar-refractivity contribution is -0.133. The molecule has 35 heavy (non-hydrogen) atoms. The average Bonchev–Trinajstić information content (AvgIpc) is 2.80. The second-order valence-corrected chi connectivity index (χ2v) is 9.03. The van der Waals surface area contributed by atoms with Gasteiger partial charge in [0, 0.05) is 12.2 Å². The average molecular weight is 510 g/mol. The summed E-state index contributed by atoms with van der Waals surface area (Å²) in [6.45, 7) is 3.72. The Labute approximate surface area is 210 Å². The first-order valence-electron chi connectivity index (χ1n) is 11.3. The number of rotatable bonds is 15. The van der Waals surface area contributed by atoms with E-state index in [2.05, 4.69) is 28.6 Å². The zero-order valence-corrected chi connectivity index (χ0v) is 20.8. The van der Waals surface area contributed by atoms with Gasteiger partial charge in [0.05, 0.1) is 12.1 Å². The number of nitrogens with two attached hydrogens (primary N) is 2. The van der Waals surface area contributed by atoms with Crippen LogP contribution in [0.2, 0.25) is 0 Å². The van der Waals surface area contributed by atoms with Crippen LogP contribution in [0.4, 0.5) is 0 Å². The third-order valence-electron chi connectivity index (χ3n) is 5.07. The molecule has 0 bridgehead atoms. The van der Waals surface area contributed by atoms with Crippen LogP contribution in [0.15, 0.2) is 24.3 Å². The van der Waals surface area contributed by atoms with E-state index >= 15 is 0 Å². The van der Waals surface area contributed by atoms with Crippen molar-refractivity contribution in [2.75, 3.05) is 5.75 Å². The number of primary amides is 1. The van der Waals surface area contributed by atoms with E-state index in [1.807, 2.05) is 13.8 Å². The number of benzene rings is 1. The van der Waals surface area contributed by atoms with Gasteiger partial charge in [-0.25, -0.2) is 0 Å². The van der Waals surface area contributed by atoms with E-state index in [0.717, 1.165) is 5.56 Å². The summed E-state index contributed by atoms with van der Waals surface area (Å²) in [6.07, 6.45) is 0.787. The topological polar surface area (TPSA) is 194 Å². The van der Waals surface area contributed by atoms with Crippen molar-refractivity contribution in [1.29, 1.82) is 0 Å². The molecular formula is C23H35N5O6S. The van der Waals surface area contributed by atoms with Gasteiger partial charge in [-0.1, -0.05) is 26.0 Å². The van der Waals surface area contributed by atoms with Gasteiger partial charge in [0.25, 0.3) is 0 Å². The maximum Gasteiger partial charge on any atom is 0.243 e. The fourth-order valence-corrected chi connectivity index (χ4v) is 3.36. The van der Waals surface area contributed by atoms with Gasteiger partial charge in [0.15, 0.2) is 0 Å². The van der Waals surface area contributed by atoms with Crippen molar-refractivity contribution in [3.8, 4) is 5.75 Å². The van der Waals surface area contributed by atoms with Crippen LogP contribution < -0.4 is 27.4 Å². The first-order chi connectivity index (χ1) is 16.5. The van der Waals surface area contributed by atoms with Crippen molar-refractivity contribution in [3.05, 3.63) is 29.8 Å². The monoisotopic (exact) mass is 509 g/mol. The van der Waals surface area contributed by atoms with E-state index in [-0.39, 0.29) is 43.1 Å². The minimum Gasteiger partial charge on any atom is -0.508 e. The predicted molar refractivity (Wildman–Crippen MR) is 133 cm³/mol. The molecule has 0 saturated carbocycles. The third kappa shape index (κ3) is 11.2. The van der Waals surface area contributed by atoms with Gasteiger partial charge in [-0.3, -0.25) is 19.2 Å². The molecule has 4 atom stereocenters. The minimum absolute atomic E-state index is 0.00842. The third-order valence-corrected chi connectivity index (χ3v) is 5.46. The molecule has 1 aromatic carbocycles. The molecule has 194 valence electrons. The molecule has 0 unspecified atom stereocenters. The van der Waals surface area contributed by atoms with E-state index in [4.69, 9.17) is 11.5 Å². The van der Waals surface area contributed by atoms with Crippen LogP contribution in [0.3, 0.4) is 0 Å². The van der Waals surface area contributed by atoms with E-state index in [0.29, 0.717) is 6.29 Å². The van der Waals surface area contributed by atoms with Crippen molar-refractivity contribution in [2.45, 2.75) is 63.7 Å². The van der Waals surface area contributed by atoms with E-state index in [1.54, 1.807) is 12.1 Å². The Hall–Kier alpha value is -3.12. The Morgan fingerprint density at radius 2 is 1.57 bits per heavy atom. The Balaban J connectivity index is 2.95. The van der Waals surface area contributed by atoms with E-state index in [9.17, 15) is 29.1 Å². The molecule has 0 saturated heterocycles. The highest BCUT2D eigenvalue weighted by molar-refractivity contribution is 7.80. The zero-order valence-electron chi connectivity index (χ0n) is 19.9. The SMILES string of the molecule is CC(C)C[C@H](NC(=O)[C@H](CCC(N)=O)NC(=O)[C@@H](N)CS)C(=O)N[C@H](C=O)Cc1ccc(O)cc1. The molecule has 1 aromatic rings. The minimum atomic E-state index is -1.15. The normalized spacial score (nSPS) is 14.3. The number of carbonyl (C=O) groups is 5. The molecule has 1 rings (SSSR count). The van der Waals surface area contributed by atoms with Crippen LogP contribution in [0.1, 0.15) is 38.7 Å². The molecular weight excluding hydrogens is 474 g/mol. The van der Waals surface area contributed by atoms with E-state index < -0.39 is 47.8 Å². The predicted octanol–water partition coefficient (Wildman–Crippen LogP) is -0.843. The van der Waals surface area contributed by atoms with Crippen molar-refractivity contribution in [1.82, 2.24) is 16.0 Å². The van der Waals surface area contributed by atoms with Crippen molar-refractivity contribution >= 4 is 42.5 Å². The summed E-state index contributed by atoms with van der Waals surface area (Å²) in [6, 6.07) is 2.22. The highest BCUT2D eigenvalue weighted by Gasteiger charge is 2.29. The quantitative estimate of drug-likeness (QED) is 0.118. The number of aldehydes is 1. The standard InChI is InChI=1S/C23H35N5O6S/c1-13(2)9-19(23(34)26-15(11-29)10-14-3-5-16(30)6-4-14)28-22(33)18(7-8-20(25)31)27-21(32)17(24)12-35/h3-6,11,13,15,17-19,30,35H,7-10,12,24H2,1-2H3,(H2,25,31)(H,26,34)(H,27,32)(H,28,33)/t15-,17-,18-,19-/m0/s1. The van der Waals surface area contributed by atoms with Crippen molar-refractivity contribution < 1.29 is 29.1 Å². The molecule has 11 nitrogen and oxygen atoms in total. The number of hydrogen-bond acceptors (Lipinski definition) is 8. The van der Waals surface area contributed by atoms with Crippen LogP contribution in [0.25, 0.3) is 0 Å². The molecule has 0 radical (unpaired) electrons. The van der Waals surface area contributed by atoms with Crippen LogP contribution in [0, 0.1) is 5.92 Å². The lowest BCUT2D eigenvalue weighted by Crippen LogP contribution is -2.57. The molecule has 4 amide bonds. The number of aromatic hydroxyl groups is 1. The molecule has 8 N–H and O–H groups in total. The number of phenolic OH excluding ortho intramolecular Hbond substituents is 1. The summed E-state index contributed by atoms with van der Waals surface area (Å²) in [4.78, 5) is 61.0. The Morgan fingerprint density at radius 3 is 2.09 bits per heavy atom. The van der Waals surface area contributed by atoms with Crippen LogP contribution in [-0.4, -0.2) is 64.9 Å².